The first kappa shape index (κ1) is 72.7. The van der Waals surface area contributed by atoms with Crippen molar-refractivity contribution in [3.8, 4) is 0 Å². The first-order chi connectivity index (χ1) is 51.1. The van der Waals surface area contributed by atoms with E-state index in [1.165, 1.54) is 80.8 Å². The van der Waals surface area contributed by atoms with Gasteiger partial charge in [-0.15, -0.1) is 74.9 Å². The van der Waals surface area contributed by atoms with E-state index in [1.807, 2.05) is 104 Å². The molecule has 5 aromatic carbocycles. The molecule has 15 aromatic rings. The van der Waals surface area contributed by atoms with Gasteiger partial charge in [0.2, 0.25) is 25.7 Å². The topological polar surface area (TPSA) is 223 Å². The molecule has 0 bridgehead atoms. The fourth-order valence-electron chi connectivity index (χ4n) is 10.6. The van der Waals surface area contributed by atoms with E-state index in [1.54, 1.807) is 69.1 Å². The molecular weight excluding hydrogens is 1470 g/mol. The van der Waals surface area contributed by atoms with E-state index in [0.717, 1.165) is 152 Å². The molecule has 0 fully saturated rings. The number of azo groups is 4. The van der Waals surface area contributed by atoms with Crippen LogP contribution in [0.5, 0.6) is 0 Å². The third kappa shape index (κ3) is 19.2. The third-order valence-electron chi connectivity index (χ3n) is 16.0. The van der Waals surface area contributed by atoms with Crippen molar-refractivity contribution in [3.63, 3.8) is 0 Å². The average molecular weight is 1540 g/mol. The van der Waals surface area contributed by atoms with Crippen molar-refractivity contribution >= 4 is 245 Å². The largest absolute Gasteiger partial charge is 0.372 e. The van der Waals surface area contributed by atoms with Crippen LogP contribution >= 0.6 is 102 Å². The van der Waals surface area contributed by atoms with E-state index in [-0.39, 0.29) is 0 Å². The average Bonchev–Trinajstić information content (AvgIpc) is 1.67. The normalized spacial score (nSPS) is 12.1. The van der Waals surface area contributed by atoms with Gasteiger partial charge in [-0.1, -0.05) is 106 Å². The molecule has 0 saturated heterocycles. The van der Waals surface area contributed by atoms with Gasteiger partial charge in [0.1, 0.15) is 24.3 Å². The summed E-state index contributed by atoms with van der Waals surface area (Å²) >= 11 is 14.0. The molecule has 0 aliphatic rings. The minimum absolute atomic E-state index is 0.648. The Bertz CT molecular complexity index is 5320. The number of anilines is 3. The van der Waals surface area contributed by atoms with Crippen molar-refractivity contribution in [3.05, 3.63) is 190 Å². The number of benzene rings is 5. The Kier molecular flexibility index (Phi) is 24.9. The number of pyridine rings is 1. The van der Waals surface area contributed by atoms with Gasteiger partial charge in [-0.3, -0.25) is 9.98 Å². The zero-order chi connectivity index (χ0) is 71.6. The van der Waals surface area contributed by atoms with Crippen LogP contribution in [0.1, 0.15) is 81.5 Å². The Morgan fingerprint density at radius 1 is 0.327 bits per heavy atom. The number of aliphatic imine (C=N–C) groups is 3. The van der Waals surface area contributed by atoms with E-state index >= 15 is 0 Å². The van der Waals surface area contributed by atoms with E-state index < -0.39 is 0 Å². The van der Waals surface area contributed by atoms with E-state index in [4.69, 9.17) is 0 Å². The Balaban J connectivity index is 0.000000142. The number of hydrogen-bond acceptors (Lipinski definition) is 29. The second-order valence-corrected chi connectivity index (χ2v) is 32.0. The summed E-state index contributed by atoms with van der Waals surface area (Å²) in [5, 5.41) is 39.2. The molecule has 104 heavy (non-hydrogen) atoms. The molecule has 0 unspecified atom stereocenters. The van der Waals surface area contributed by atoms with E-state index in [2.05, 4.69) is 222 Å². The molecular formula is C75H70N20S9. The van der Waals surface area contributed by atoms with Gasteiger partial charge in [-0.05, 0) is 193 Å². The van der Waals surface area contributed by atoms with Gasteiger partial charge in [0, 0.05) is 102 Å². The maximum absolute atomic E-state index is 4.68. The highest BCUT2D eigenvalue weighted by atomic mass is 32.1. The lowest BCUT2D eigenvalue weighted by Crippen LogP contribution is -2.21. The Morgan fingerprint density at radius 3 is 1.12 bits per heavy atom. The maximum Gasteiger partial charge on any atom is 0.231 e. The van der Waals surface area contributed by atoms with E-state index in [0.29, 0.717) is 15.4 Å². The number of hydrogen-bond donors (Lipinski definition) is 0. The van der Waals surface area contributed by atoms with Crippen molar-refractivity contribution in [1.29, 1.82) is 0 Å². The molecule has 0 aliphatic carbocycles. The molecule has 0 aliphatic heterocycles. The lowest BCUT2D eigenvalue weighted by Gasteiger charge is -2.20. The van der Waals surface area contributed by atoms with Crippen LogP contribution in [0.15, 0.2) is 226 Å². The summed E-state index contributed by atoms with van der Waals surface area (Å²) in [5.41, 5.74) is 10.1. The van der Waals surface area contributed by atoms with Gasteiger partial charge in [-0.2, -0.15) is 0 Å². The predicted octanol–water partition coefficient (Wildman–Crippen LogP) is 26.5. The van der Waals surface area contributed by atoms with Gasteiger partial charge in [0.05, 0.1) is 57.5 Å². The van der Waals surface area contributed by atoms with Crippen LogP contribution in [0.3, 0.4) is 0 Å². The summed E-state index contributed by atoms with van der Waals surface area (Å²) in [7, 11) is 0. The molecule has 0 saturated carbocycles. The van der Waals surface area contributed by atoms with Crippen molar-refractivity contribution in [2.45, 2.75) is 67.7 Å². The summed E-state index contributed by atoms with van der Waals surface area (Å²) in [5.74, 6) is 0. The number of para-hydroxylation sites is 1. The van der Waals surface area contributed by atoms with E-state index in [9.17, 15) is 0 Å². The van der Waals surface area contributed by atoms with Gasteiger partial charge >= 0.3 is 0 Å². The molecule has 0 N–H and O–H groups in total. The second-order valence-electron chi connectivity index (χ2n) is 22.8. The molecule has 524 valence electrons. The highest BCUT2D eigenvalue weighted by molar-refractivity contribution is 7.31. The molecule has 10 aromatic heterocycles. The third-order valence-corrected chi connectivity index (χ3v) is 24.8. The molecule has 29 heteroatoms. The Hall–Kier alpha value is -9.69. The number of thiazole rings is 5. The fourth-order valence-corrected chi connectivity index (χ4v) is 19.0. The van der Waals surface area contributed by atoms with Crippen molar-refractivity contribution in [2.75, 3.05) is 54.0 Å². The minimum atomic E-state index is 0.648. The second kappa shape index (κ2) is 35.7. The maximum atomic E-state index is 4.68. The molecule has 15 rings (SSSR count). The first-order valence-electron chi connectivity index (χ1n) is 33.9. The number of nitrogens with zero attached hydrogens (tertiary/aromatic N) is 20. The highest BCUT2D eigenvalue weighted by Gasteiger charge is 2.14. The summed E-state index contributed by atoms with van der Waals surface area (Å²) in [4.78, 5) is 54.5. The minimum Gasteiger partial charge on any atom is -0.372 e. The highest BCUT2D eigenvalue weighted by Crippen LogP contribution is 2.41. The zero-order valence-electron chi connectivity index (χ0n) is 57.9. The van der Waals surface area contributed by atoms with Gasteiger partial charge in [0.15, 0.2) is 0 Å². The SMILES string of the molecule is CCCCc1ccc(N=Nc2cc3sc(N=Cc4cc5sc(N=Nc6ccc(N(CC)CC)cc6)nc5s4)nc3s2)cc1.CCN(CC)c1ccc(N=Nc2nc3sc(C=Nc4ccncc4)cc3s2)cc1.CCN(CC)c1ccc(N=Nc2nc3sc(C=Nc4nc5ccccc5s4)cc3s2)cc1. The lowest BCUT2D eigenvalue weighted by atomic mass is 10.1. The Morgan fingerprint density at radius 2 is 0.702 bits per heavy atom. The number of rotatable bonds is 26. The molecule has 0 atom stereocenters. The molecule has 10 heterocycles. The molecule has 0 amide bonds. The van der Waals surface area contributed by atoms with Crippen LogP contribution in [0.4, 0.5) is 76.2 Å². The number of aryl methyl sites for hydroxylation is 1. The summed E-state index contributed by atoms with van der Waals surface area (Å²) in [6.07, 6.45) is 12.5. The number of fused-ring (bicyclic) bond motifs is 5. The predicted molar refractivity (Wildman–Crippen MR) is 447 cm³/mol. The summed E-state index contributed by atoms with van der Waals surface area (Å²) in [6.45, 7) is 21.1. The van der Waals surface area contributed by atoms with Crippen LogP contribution in [0.25, 0.3) is 48.3 Å². The first-order valence-corrected chi connectivity index (χ1v) is 41.2. The van der Waals surface area contributed by atoms with Gasteiger partial charge < -0.3 is 14.7 Å². The molecule has 0 spiro atoms. The zero-order valence-corrected chi connectivity index (χ0v) is 65.2. The van der Waals surface area contributed by atoms with Gasteiger partial charge in [-0.25, -0.2) is 34.9 Å². The summed E-state index contributed by atoms with van der Waals surface area (Å²) in [6, 6.07) is 52.8. The number of aromatic nitrogens is 6. The number of thiophene rings is 4. The standard InChI is InChI=1S/C31H30N8S4.C23H20N6S3.C21H20N6S2/c1-4-7-8-20-9-11-21(12-10-20)35-37-27-18-26-29(43-27)33-30(41-26)32-19-24-17-25-28(40-24)34-31(42-25)38-36-22-13-15-23(16-14-22)39(5-2)6-3;1-3-29(4-2)16-11-9-15(10-12-16)27-28-23-26-21-20(32-23)13-17(30-21)14-24-22-25-18-7-5-6-8-19(18)31-22;1-3-27(4-2)17-7-5-16(6-8-17)25-26-21-24-20-19(29-21)13-18(28-20)14-23-15-9-11-22-12-10-15/h9-19H,4-8H2,1-3H3;5-14H,3-4H2,1-2H3;5-14H,3-4H2,1-2H3. The van der Waals surface area contributed by atoms with Crippen LogP contribution in [0.2, 0.25) is 0 Å². The van der Waals surface area contributed by atoms with Gasteiger partial charge in [0.25, 0.3) is 0 Å². The quantitative estimate of drug-likeness (QED) is 0.0371. The lowest BCUT2D eigenvalue weighted by molar-refractivity contribution is 0.795. The number of unbranched alkanes of at least 4 members (excludes halogenated alkanes) is 1. The van der Waals surface area contributed by atoms with Crippen molar-refractivity contribution < 1.29 is 0 Å². The molecule has 0 radical (unpaired) electrons. The molecule has 20 nitrogen and oxygen atoms in total. The van der Waals surface area contributed by atoms with Crippen molar-refractivity contribution in [2.24, 2.45) is 55.9 Å². The monoisotopic (exact) mass is 1540 g/mol. The van der Waals surface area contributed by atoms with Crippen LogP contribution < -0.4 is 14.7 Å². The summed E-state index contributed by atoms with van der Waals surface area (Å²) < 4.78 is 5.46. The Labute approximate surface area is 637 Å². The smallest absolute Gasteiger partial charge is 0.231 e. The fraction of sp³-hybridized carbons (Fsp3) is 0.213. The van der Waals surface area contributed by atoms with Crippen LogP contribution in [-0.4, -0.2) is 87.8 Å². The van der Waals surface area contributed by atoms with Crippen LogP contribution in [0, 0.1) is 0 Å². The van der Waals surface area contributed by atoms with Crippen LogP contribution in [-0.2, 0) is 6.42 Å². The van der Waals surface area contributed by atoms with Crippen molar-refractivity contribution in [1.82, 2.24) is 29.9 Å².